The number of nitrogens with one attached hydrogen (secondary N) is 2. The lowest BCUT2D eigenvalue weighted by molar-refractivity contribution is -0.122. The Morgan fingerprint density at radius 1 is 1.03 bits per heavy atom. The zero-order valence-electron chi connectivity index (χ0n) is 16.6. The van der Waals surface area contributed by atoms with E-state index in [4.69, 9.17) is 9.47 Å². The highest BCUT2D eigenvalue weighted by Gasteiger charge is 2.27. The molecule has 0 bridgehead atoms. The molecule has 0 spiro atoms. The fourth-order valence-corrected chi connectivity index (χ4v) is 3.28. The molecule has 3 aromatic carbocycles. The Labute approximate surface area is 174 Å². The Morgan fingerprint density at radius 3 is 2.63 bits per heavy atom. The second kappa shape index (κ2) is 8.69. The molecule has 1 heterocycles. The summed E-state index contributed by atoms with van der Waals surface area (Å²) in [5.74, 6) is 0.632. The normalized spacial score (nSPS) is 14.8. The van der Waals surface area contributed by atoms with Crippen LogP contribution in [-0.4, -0.2) is 31.1 Å². The van der Waals surface area contributed by atoms with Crippen LogP contribution in [-0.2, 0) is 4.79 Å². The van der Waals surface area contributed by atoms with E-state index in [0.29, 0.717) is 30.2 Å². The van der Waals surface area contributed by atoms with Crippen LogP contribution in [0.15, 0.2) is 72.8 Å². The molecular formula is C24H22N2O4. The van der Waals surface area contributed by atoms with E-state index in [1.54, 1.807) is 25.1 Å². The van der Waals surface area contributed by atoms with E-state index in [9.17, 15) is 9.59 Å². The summed E-state index contributed by atoms with van der Waals surface area (Å²) < 4.78 is 11.6. The van der Waals surface area contributed by atoms with Gasteiger partial charge in [0.1, 0.15) is 12.4 Å². The highest BCUT2D eigenvalue weighted by molar-refractivity contribution is 6.03. The molecule has 30 heavy (non-hydrogen) atoms. The van der Waals surface area contributed by atoms with Gasteiger partial charge in [-0.25, -0.2) is 0 Å². The lowest BCUT2D eigenvalue weighted by Gasteiger charge is -2.25. The number of carbonyl (C=O) groups excluding carboxylic acids is 2. The molecule has 2 amide bonds. The van der Waals surface area contributed by atoms with Crippen LogP contribution in [0, 0.1) is 0 Å². The van der Waals surface area contributed by atoms with Crippen LogP contribution >= 0.6 is 0 Å². The SMILES string of the molecule is CC1Oc2c(cccc2C(=O)NCCOc2ccccc2-c2ccccc2)NC1=O. The van der Waals surface area contributed by atoms with Crippen LogP contribution in [0.3, 0.4) is 0 Å². The van der Waals surface area contributed by atoms with Gasteiger partial charge in [0, 0.05) is 5.56 Å². The summed E-state index contributed by atoms with van der Waals surface area (Å²) in [5, 5.41) is 5.59. The zero-order valence-corrected chi connectivity index (χ0v) is 16.6. The number of carbonyl (C=O) groups is 2. The number of hydrogen-bond donors (Lipinski definition) is 2. The molecule has 1 unspecified atom stereocenters. The number of para-hydroxylation sites is 2. The number of amides is 2. The second-order valence-electron chi connectivity index (χ2n) is 6.90. The molecule has 0 fully saturated rings. The van der Waals surface area contributed by atoms with Crippen molar-refractivity contribution in [1.82, 2.24) is 5.32 Å². The molecule has 3 aromatic rings. The van der Waals surface area contributed by atoms with Gasteiger partial charge >= 0.3 is 0 Å². The van der Waals surface area contributed by atoms with E-state index in [1.807, 2.05) is 54.6 Å². The highest BCUT2D eigenvalue weighted by atomic mass is 16.5. The molecule has 1 aliphatic heterocycles. The quantitative estimate of drug-likeness (QED) is 0.614. The zero-order chi connectivity index (χ0) is 20.9. The van der Waals surface area contributed by atoms with Gasteiger partial charge in [0.2, 0.25) is 0 Å². The Bertz CT molecular complexity index is 1070. The van der Waals surface area contributed by atoms with E-state index in [1.165, 1.54) is 0 Å². The maximum absolute atomic E-state index is 12.6. The first-order valence-corrected chi connectivity index (χ1v) is 9.79. The number of anilines is 1. The summed E-state index contributed by atoms with van der Waals surface area (Å²) in [5.41, 5.74) is 2.95. The summed E-state index contributed by atoms with van der Waals surface area (Å²) in [6, 6.07) is 22.9. The Hall–Kier alpha value is -3.80. The first kappa shape index (κ1) is 19.5. The molecule has 0 aliphatic carbocycles. The smallest absolute Gasteiger partial charge is 0.265 e. The molecule has 0 radical (unpaired) electrons. The Morgan fingerprint density at radius 2 is 1.80 bits per heavy atom. The first-order valence-electron chi connectivity index (χ1n) is 9.79. The summed E-state index contributed by atoms with van der Waals surface area (Å²) in [6.07, 6.45) is -0.649. The molecule has 2 N–H and O–H groups in total. The van der Waals surface area contributed by atoms with Crippen molar-refractivity contribution in [2.45, 2.75) is 13.0 Å². The minimum absolute atomic E-state index is 0.231. The largest absolute Gasteiger partial charge is 0.491 e. The van der Waals surface area contributed by atoms with E-state index in [0.717, 1.165) is 16.9 Å². The minimum atomic E-state index is -0.649. The van der Waals surface area contributed by atoms with Crippen molar-refractivity contribution < 1.29 is 19.1 Å². The van der Waals surface area contributed by atoms with Crippen LogP contribution < -0.4 is 20.1 Å². The van der Waals surface area contributed by atoms with Gasteiger partial charge in [-0.05, 0) is 30.7 Å². The molecule has 1 atom stereocenters. The predicted octanol–water partition coefficient (Wildman–Crippen LogP) is 3.88. The topological polar surface area (TPSA) is 76.7 Å². The van der Waals surface area contributed by atoms with Gasteiger partial charge in [-0.1, -0.05) is 54.6 Å². The van der Waals surface area contributed by atoms with Crippen molar-refractivity contribution in [2.75, 3.05) is 18.5 Å². The van der Waals surface area contributed by atoms with Crippen LogP contribution in [0.4, 0.5) is 5.69 Å². The Balaban J connectivity index is 1.38. The number of hydrogen-bond acceptors (Lipinski definition) is 4. The molecule has 4 rings (SSSR count). The molecule has 6 heteroatoms. The van der Waals surface area contributed by atoms with Crippen molar-refractivity contribution in [3.63, 3.8) is 0 Å². The van der Waals surface area contributed by atoms with Crippen molar-refractivity contribution >= 4 is 17.5 Å². The Kier molecular flexibility index (Phi) is 5.66. The van der Waals surface area contributed by atoms with Crippen molar-refractivity contribution in [2.24, 2.45) is 0 Å². The molecule has 0 saturated carbocycles. The van der Waals surface area contributed by atoms with Crippen molar-refractivity contribution in [3.8, 4) is 22.6 Å². The number of rotatable bonds is 6. The first-order chi connectivity index (χ1) is 14.6. The molecular weight excluding hydrogens is 380 g/mol. The maximum atomic E-state index is 12.6. The molecule has 152 valence electrons. The van der Waals surface area contributed by atoms with Crippen LogP contribution in [0.2, 0.25) is 0 Å². The van der Waals surface area contributed by atoms with Crippen LogP contribution in [0.1, 0.15) is 17.3 Å². The number of fused-ring (bicyclic) bond motifs is 1. The van der Waals surface area contributed by atoms with Crippen LogP contribution in [0.5, 0.6) is 11.5 Å². The van der Waals surface area contributed by atoms with Gasteiger partial charge in [-0.2, -0.15) is 0 Å². The fourth-order valence-electron chi connectivity index (χ4n) is 3.28. The summed E-state index contributed by atoms with van der Waals surface area (Å²) in [4.78, 5) is 24.4. The van der Waals surface area contributed by atoms with E-state index in [-0.39, 0.29) is 11.8 Å². The third kappa shape index (κ3) is 4.12. The van der Waals surface area contributed by atoms with Gasteiger partial charge in [-0.3, -0.25) is 9.59 Å². The minimum Gasteiger partial charge on any atom is -0.491 e. The van der Waals surface area contributed by atoms with E-state index >= 15 is 0 Å². The summed E-state index contributed by atoms with van der Waals surface area (Å²) in [7, 11) is 0. The van der Waals surface area contributed by atoms with Gasteiger partial charge in [0.25, 0.3) is 11.8 Å². The second-order valence-corrected chi connectivity index (χ2v) is 6.90. The maximum Gasteiger partial charge on any atom is 0.265 e. The summed E-state index contributed by atoms with van der Waals surface area (Å²) in [6.45, 7) is 2.29. The third-order valence-corrected chi connectivity index (χ3v) is 4.80. The third-order valence-electron chi connectivity index (χ3n) is 4.80. The number of benzene rings is 3. The highest BCUT2D eigenvalue weighted by Crippen LogP contribution is 2.33. The monoisotopic (exact) mass is 402 g/mol. The molecule has 6 nitrogen and oxygen atoms in total. The molecule has 1 aliphatic rings. The van der Waals surface area contributed by atoms with E-state index in [2.05, 4.69) is 10.6 Å². The molecule has 0 aromatic heterocycles. The average Bonchev–Trinajstić information content (AvgIpc) is 2.78. The lowest BCUT2D eigenvalue weighted by atomic mass is 10.1. The fraction of sp³-hybridized carbons (Fsp3) is 0.167. The van der Waals surface area contributed by atoms with Crippen LogP contribution in [0.25, 0.3) is 11.1 Å². The van der Waals surface area contributed by atoms with Crippen molar-refractivity contribution in [3.05, 3.63) is 78.4 Å². The van der Waals surface area contributed by atoms with E-state index < -0.39 is 6.10 Å². The van der Waals surface area contributed by atoms with Crippen molar-refractivity contribution in [1.29, 1.82) is 0 Å². The van der Waals surface area contributed by atoms with Gasteiger partial charge < -0.3 is 20.1 Å². The average molecular weight is 402 g/mol. The number of ether oxygens (including phenoxy) is 2. The van der Waals surface area contributed by atoms with Gasteiger partial charge in [0.15, 0.2) is 11.9 Å². The molecule has 0 saturated heterocycles. The lowest BCUT2D eigenvalue weighted by Crippen LogP contribution is -2.36. The summed E-state index contributed by atoms with van der Waals surface area (Å²) >= 11 is 0. The predicted molar refractivity (Wildman–Crippen MR) is 115 cm³/mol. The van der Waals surface area contributed by atoms with Gasteiger partial charge in [0.05, 0.1) is 17.8 Å². The van der Waals surface area contributed by atoms with Gasteiger partial charge in [-0.15, -0.1) is 0 Å². The standard InChI is InChI=1S/C24H22N2O4/c1-16-23(27)26-20-12-7-11-19(22(20)30-16)24(28)25-14-15-29-21-13-6-5-10-18(21)17-8-3-2-4-9-17/h2-13,16H,14-15H2,1H3,(H,25,28)(H,26,27).